The van der Waals surface area contributed by atoms with E-state index in [4.69, 9.17) is 16.3 Å². The van der Waals surface area contributed by atoms with Gasteiger partial charge in [0.15, 0.2) is 0 Å². The minimum absolute atomic E-state index is 0.0541. The van der Waals surface area contributed by atoms with Crippen LogP contribution in [0.2, 0.25) is 5.02 Å². The van der Waals surface area contributed by atoms with E-state index in [0.29, 0.717) is 16.5 Å². The summed E-state index contributed by atoms with van der Waals surface area (Å²) in [5, 5.41) is 9.83. The van der Waals surface area contributed by atoms with Crippen LogP contribution in [0.1, 0.15) is 11.1 Å². The number of benzene rings is 2. The number of hydrogen-bond donors (Lipinski definition) is 1. The summed E-state index contributed by atoms with van der Waals surface area (Å²) in [4.78, 5) is 0. The van der Waals surface area contributed by atoms with Crippen LogP contribution in [0.5, 0.6) is 11.5 Å². The van der Waals surface area contributed by atoms with Crippen molar-refractivity contribution >= 4 is 11.6 Å². The van der Waals surface area contributed by atoms with Gasteiger partial charge in [-0.3, -0.25) is 0 Å². The van der Waals surface area contributed by atoms with Gasteiger partial charge >= 0.3 is 0 Å². The zero-order valence-electron chi connectivity index (χ0n) is 9.48. The normalized spacial score (nSPS) is 10.3. The highest BCUT2D eigenvalue weighted by Gasteiger charge is 2.06. The first-order valence-corrected chi connectivity index (χ1v) is 5.71. The van der Waals surface area contributed by atoms with Crippen molar-refractivity contribution in [3.63, 3.8) is 0 Å². The monoisotopic (exact) mass is 248 g/mol. The summed E-state index contributed by atoms with van der Waals surface area (Å²) < 4.78 is 5.69. The number of aryl methyl sites for hydroxylation is 1. The summed E-state index contributed by atoms with van der Waals surface area (Å²) in [7, 11) is 0. The maximum absolute atomic E-state index is 9.28. The Hall–Kier alpha value is -1.51. The minimum atomic E-state index is -0.0541. The molecular weight excluding hydrogens is 236 g/mol. The van der Waals surface area contributed by atoms with E-state index in [1.165, 1.54) is 0 Å². The SMILES string of the molecule is Cc1ccc(Oc2ccccc2Cl)c(CO)c1. The van der Waals surface area contributed by atoms with E-state index in [1.54, 1.807) is 12.1 Å². The number of hydrogen-bond acceptors (Lipinski definition) is 2. The number of halogens is 1. The Balaban J connectivity index is 2.33. The van der Waals surface area contributed by atoms with Crippen molar-refractivity contribution in [2.75, 3.05) is 0 Å². The Morgan fingerprint density at radius 3 is 2.59 bits per heavy atom. The Morgan fingerprint density at radius 2 is 1.88 bits per heavy atom. The topological polar surface area (TPSA) is 29.5 Å². The first kappa shape index (κ1) is 12.0. The second-order valence-corrected chi connectivity index (χ2v) is 4.21. The molecule has 1 N–H and O–H groups in total. The number of aliphatic hydroxyl groups excluding tert-OH is 1. The number of ether oxygens (including phenoxy) is 1. The molecule has 2 aromatic rings. The fraction of sp³-hybridized carbons (Fsp3) is 0.143. The maximum atomic E-state index is 9.28. The third kappa shape index (κ3) is 2.78. The summed E-state index contributed by atoms with van der Waals surface area (Å²) in [6, 6.07) is 12.9. The van der Waals surface area contributed by atoms with E-state index in [2.05, 4.69) is 0 Å². The Bertz CT molecular complexity index is 523. The summed E-state index contributed by atoms with van der Waals surface area (Å²) in [5.74, 6) is 1.22. The fourth-order valence-electron chi connectivity index (χ4n) is 1.58. The first-order valence-electron chi connectivity index (χ1n) is 5.33. The third-order valence-corrected chi connectivity index (χ3v) is 2.76. The Labute approximate surface area is 105 Å². The van der Waals surface area contributed by atoms with Crippen molar-refractivity contribution in [1.29, 1.82) is 0 Å². The quantitative estimate of drug-likeness (QED) is 0.892. The van der Waals surface area contributed by atoms with Gasteiger partial charge in [0.05, 0.1) is 11.6 Å². The largest absolute Gasteiger partial charge is 0.455 e. The second kappa shape index (κ2) is 5.21. The molecule has 17 heavy (non-hydrogen) atoms. The van der Waals surface area contributed by atoms with Gasteiger partial charge in [-0.2, -0.15) is 0 Å². The molecule has 0 fully saturated rings. The summed E-state index contributed by atoms with van der Waals surface area (Å²) >= 11 is 6.01. The minimum Gasteiger partial charge on any atom is -0.455 e. The van der Waals surface area contributed by atoms with Crippen molar-refractivity contribution < 1.29 is 9.84 Å². The van der Waals surface area contributed by atoms with Crippen LogP contribution in [0, 0.1) is 6.92 Å². The molecule has 0 spiro atoms. The molecule has 0 aromatic heterocycles. The Kier molecular flexibility index (Phi) is 3.67. The Morgan fingerprint density at radius 1 is 1.12 bits per heavy atom. The van der Waals surface area contributed by atoms with Crippen LogP contribution in [0.3, 0.4) is 0 Å². The van der Waals surface area contributed by atoms with Crippen molar-refractivity contribution in [3.8, 4) is 11.5 Å². The fourth-order valence-corrected chi connectivity index (χ4v) is 1.75. The summed E-state index contributed by atoms with van der Waals surface area (Å²) in [6.45, 7) is 1.92. The molecule has 0 aliphatic heterocycles. The molecule has 0 radical (unpaired) electrons. The van der Waals surface area contributed by atoms with Gasteiger partial charge in [-0.25, -0.2) is 0 Å². The van der Waals surface area contributed by atoms with E-state index in [0.717, 1.165) is 11.1 Å². The van der Waals surface area contributed by atoms with Crippen molar-refractivity contribution in [1.82, 2.24) is 0 Å². The molecule has 0 unspecified atom stereocenters. The van der Waals surface area contributed by atoms with E-state index in [1.807, 2.05) is 37.3 Å². The summed E-state index contributed by atoms with van der Waals surface area (Å²) in [5.41, 5.74) is 1.84. The first-order chi connectivity index (χ1) is 8.20. The average molecular weight is 249 g/mol. The molecule has 0 aliphatic carbocycles. The predicted molar refractivity (Wildman–Crippen MR) is 68.6 cm³/mol. The van der Waals surface area contributed by atoms with Crippen LogP contribution in [-0.2, 0) is 6.61 Å². The third-order valence-electron chi connectivity index (χ3n) is 2.44. The average Bonchev–Trinajstić information content (AvgIpc) is 2.34. The van der Waals surface area contributed by atoms with Gasteiger partial charge in [0.2, 0.25) is 0 Å². The lowest BCUT2D eigenvalue weighted by atomic mass is 10.1. The smallest absolute Gasteiger partial charge is 0.146 e. The van der Waals surface area contributed by atoms with E-state index in [9.17, 15) is 5.11 Å². The molecule has 2 nitrogen and oxygen atoms in total. The number of aliphatic hydroxyl groups is 1. The maximum Gasteiger partial charge on any atom is 0.146 e. The van der Waals surface area contributed by atoms with Gasteiger partial charge in [0.25, 0.3) is 0 Å². The molecule has 2 rings (SSSR count). The van der Waals surface area contributed by atoms with Gasteiger partial charge in [-0.05, 0) is 25.1 Å². The highest BCUT2D eigenvalue weighted by Crippen LogP contribution is 2.31. The van der Waals surface area contributed by atoms with Crippen LogP contribution in [-0.4, -0.2) is 5.11 Å². The lowest BCUT2D eigenvalue weighted by Gasteiger charge is -2.11. The number of rotatable bonds is 3. The van der Waals surface area contributed by atoms with Crippen molar-refractivity contribution in [3.05, 3.63) is 58.6 Å². The van der Waals surface area contributed by atoms with Gasteiger partial charge in [-0.1, -0.05) is 41.4 Å². The molecule has 88 valence electrons. The molecule has 0 heterocycles. The standard InChI is InChI=1S/C14H13ClO2/c1-10-6-7-13(11(8-10)9-16)17-14-5-3-2-4-12(14)15/h2-8,16H,9H2,1H3. The van der Waals surface area contributed by atoms with Crippen LogP contribution < -0.4 is 4.74 Å². The van der Waals surface area contributed by atoms with Crippen molar-refractivity contribution in [2.24, 2.45) is 0 Å². The van der Waals surface area contributed by atoms with E-state index >= 15 is 0 Å². The molecule has 0 bridgehead atoms. The van der Waals surface area contributed by atoms with Crippen LogP contribution in [0.15, 0.2) is 42.5 Å². The van der Waals surface area contributed by atoms with E-state index in [-0.39, 0.29) is 6.61 Å². The molecule has 3 heteroatoms. The second-order valence-electron chi connectivity index (χ2n) is 3.80. The molecule has 0 saturated heterocycles. The zero-order chi connectivity index (χ0) is 12.3. The molecule has 0 saturated carbocycles. The summed E-state index contributed by atoms with van der Waals surface area (Å²) in [6.07, 6.45) is 0. The molecular formula is C14H13ClO2. The van der Waals surface area contributed by atoms with Crippen LogP contribution in [0.4, 0.5) is 0 Å². The highest BCUT2D eigenvalue weighted by molar-refractivity contribution is 6.32. The van der Waals surface area contributed by atoms with E-state index < -0.39 is 0 Å². The van der Waals surface area contributed by atoms with Crippen molar-refractivity contribution in [2.45, 2.75) is 13.5 Å². The zero-order valence-corrected chi connectivity index (χ0v) is 10.2. The predicted octanol–water partition coefficient (Wildman–Crippen LogP) is 3.93. The molecule has 0 amide bonds. The highest BCUT2D eigenvalue weighted by atomic mass is 35.5. The van der Waals surface area contributed by atoms with Crippen LogP contribution >= 0.6 is 11.6 Å². The number of para-hydroxylation sites is 1. The molecule has 2 aromatic carbocycles. The molecule has 0 atom stereocenters. The van der Waals surface area contributed by atoms with Gasteiger partial charge in [-0.15, -0.1) is 0 Å². The van der Waals surface area contributed by atoms with Gasteiger partial charge < -0.3 is 9.84 Å². The van der Waals surface area contributed by atoms with Gasteiger partial charge in [0.1, 0.15) is 11.5 Å². The van der Waals surface area contributed by atoms with Crippen LogP contribution in [0.25, 0.3) is 0 Å². The molecule has 0 aliphatic rings. The van der Waals surface area contributed by atoms with Gasteiger partial charge in [0, 0.05) is 5.56 Å². The lowest BCUT2D eigenvalue weighted by molar-refractivity contribution is 0.276. The lowest BCUT2D eigenvalue weighted by Crippen LogP contribution is -1.93.